The Bertz CT molecular complexity index is 543. The molecular weight excluding hydrogens is 286 g/mol. The number of amides is 1. The molecule has 2 rings (SSSR count). The van der Waals surface area contributed by atoms with Crippen LogP contribution in [-0.4, -0.2) is 41.9 Å². The first-order valence-electron chi connectivity index (χ1n) is 7.27. The molecule has 1 fully saturated rings. The number of nitrogens with zero attached hydrogens (tertiary/aromatic N) is 1. The fraction of sp³-hybridized carbons (Fsp3) is 0.438. The van der Waals surface area contributed by atoms with Crippen LogP contribution in [0.2, 0.25) is 0 Å². The Labute approximate surface area is 129 Å². The number of benzene rings is 1. The Balaban J connectivity index is 1.88. The molecule has 22 heavy (non-hydrogen) atoms. The van der Waals surface area contributed by atoms with Crippen LogP contribution in [0.5, 0.6) is 0 Å². The fourth-order valence-corrected chi connectivity index (χ4v) is 2.34. The number of esters is 2. The molecule has 0 unspecified atom stereocenters. The number of ether oxygens (including phenoxy) is 2. The molecule has 1 atom stereocenters. The Morgan fingerprint density at radius 2 is 1.95 bits per heavy atom. The quantitative estimate of drug-likeness (QED) is 0.740. The number of hydrogen-bond acceptors (Lipinski definition) is 5. The number of carbonyl (C=O) groups excluding carboxylic acids is 3. The summed E-state index contributed by atoms with van der Waals surface area (Å²) < 4.78 is 10.1. The van der Waals surface area contributed by atoms with Crippen molar-refractivity contribution < 1.29 is 23.9 Å². The van der Waals surface area contributed by atoms with Gasteiger partial charge in [0.15, 0.2) is 0 Å². The smallest absolute Gasteiger partial charge is 0.328 e. The predicted molar refractivity (Wildman–Crippen MR) is 77.6 cm³/mol. The molecule has 1 aliphatic rings. The van der Waals surface area contributed by atoms with Gasteiger partial charge >= 0.3 is 11.9 Å². The van der Waals surface area contributed by atoms with Crippen LogP contribution in [0.4, 0.5) is 0 Å². The van der Waals surface area contributed by atoms with E-state index in [1.54, 1.807) is 6.92 Å². The average molecular weight is 305 g/mol. The van der Waals surface area contributed by atoms with Gasteiger partial charge in [-0.05, 0) is 18.9 Å². The predicted octanol–water partition coefficient (Wildman–Crippen LogP) is 1.28. The summed E-state index contributed by atoms with van der Waals surface area (Å²) in [6.45, 7) is 1.86. The van der Waals surface area contributed by atoms with Gasteiger partial charge in [0, 0.05) is 6.42 Å². The maximum absolute atomic E-state index is 11.9. The molecule has 1 aromatic rings. The van der Waals surface area contributed by atoms with E-state index in [1.165, 1.54) is 4.90 Å². The van der Waals surface area contributed by atoms with Crippen molar-refractivity contribution in [1.82, 2.24) is 4.90 Å². The van der Waals surface area contributed by atoms with Crippen molar-refractivity contribution in [3.05, 3.63) is 35.9 Å². The van der Waals surface area contributed by atoms with Gasteiger partial charge in [0.25, 0.3) is 0 Å². The second kappa shape index (κ2) is 7.59. The summed E-state index contributed by atoms with van der Waals surface area (Å²) in [5.41, 5.74) is 0.866. The lowest BCUT2D eigenvalue weighted by molar-refractivity contribution is -0.156. The van der Waals surface area contributed by atoms with Crippen LogP contribution in [0.1, 0.15) is 25.3 Å². The van der Waals surface area contributed by atoms with Gasteiger partial charge in [-0.3, -0.25) is 9.59 Å². The lowest BCUT2D eigenvalue weighted by atomic mass is 10.2. The number of likely N-dealkylation sites (tertiary alicyclic amines) is 1. The molecule has 1 saturated heterocycles. The van der Waals surface area contributed by atoms with E-state index in [0.29, 0.717) is 6.42 Å². The molecule has 0 N–H and O–H groups in total. The highest BCUT2D eigenvalue weighted by atomic mass is 16.5. The molecule has 1 aromatic carbocycles. The fourth-order valence-electron chi connectivity index (χ4n) is 2.34. The highest BCUT2D eigenvalue weighted by molar-refractivity contribution is 5.90. The standard InChI is InChI=1S/C16H19NO5/c1-2-21-16(20)13-8-9-14(18)17(13)10-15(19)22-11-12-6-4-3-5-7-12/h3-7,13H,2,8-11H2,1H3/t13-/m0/s1. The molecule has 6 nitrogen and oxygen atoms in total. The van der Waals surface area contributed by atoms with Crippen LogP contribution in [0.15, 0.2) is 30.3 Å². The normalized spacial score (nSPS) is 17.4. The summed E-state index contributed by atoms with van der Waals surface area (Å²) in [7, 11) is 0. The molecule has 1 heterocycles. The summed E-state index contributed by atoms with van der Waals surface area (Å²) in [4.78, 5) is 36.7. The lowest BCUT2D eigenvalue weighted by Gasteiger charge is -2.22. The van der Waals surface area contributed by atoms with Crippen LogP contribution in [-0.2, 0) is 30.5 Å². The Hall–Kier alpha value is -2.37. The Kier molecular flexibility index (Phi) is 5.52. The third kappa shape index (κ3) is 4.07. The largest absolute Gasteiger partial charge is 0.464 e. The zero-order chi connectivity index (χ0) is 15.9. The third-order valence-corrected chi connectivity index (χ3v) is 3.43. The first-order valence-corrected chi connectivity index (χ1v) is 7.27. The first-order chi connectivity index (χ1) is 10.6. The minimum absolute atomic E-state index is 0.145. The van der Waals surface area contributed by atoms with Gasteiger partial charge in [-0.25, -0.2) is 4.79 Å². The van der Waals surface area contributed by atoms with Crippen LogP contribution < -0.4 is 0 Å². The van der Waals surface area contributed by atoms with Crippen molar-refractivity contribution in [2.24, 2.45) is 0 Å². The Morgan fingerprint density at radius 1 is 1.23 bits per heavy atom. The average Bonchev–Trinajstić information content (AvgIpc) is 2.88. The van der Waals surface area contributed by atoms with Gasteiger partial charge in [-0.15, -0.1) is 0 Å². The Morgan fingerprint density at radius 3 is 2.64 bits per heavy atom. The van der Waals surface area contributed by atoms with Crippen LogP contribution in [0.25, 0.3) is 0 Å². The zero-order valence-corrected chi connectivity index (χ0v) is 12.5. The SMILES string of the molecule is CCOC(=O)[C@@H]1CCC(=O)N1CC(=O)OCc1ccccc1. The summed E-state index contributed by atoms with van der Waals surface area (Å²) in [5.74, 6) is -1.23. The van der Waals surface area contributed by atoms with Crippen molar-refractivity contribution in [2.45, 2.75) is 32.4 Å². The van der Waals surface area contributed by atoms with Crippen LogP contribution >= 0.6 is 0 Å². The summed E-state index contributed by atoms with van der Waals surface area (Å²) in [6.07, 6.45) is 0.624. The van der Waals surface area contributed by atoms with Gasteiger partial charge < -0.3 is 14.4 Å². The number of rotatable bonds is 6. The molecule has 0 aliphatic carbocycles. The molecule has 0 radical (unpaired) electrons. The molecule has 118 valence electrons. The van der Waals surface area contributed by atoms with E-state index in [-0.39, 0.29) is 32.1 Å². The van der Waals surface area contributed by atoms with Crippen molar-refractivity contribution in [3.63, 3.8) is 0 Å². The molecule has 1 amide bonds. The van der Waals surface area contributed by atoms with Gasteiger partial charge in [-0.2, -0.15) is 0 Å². The minimum atomic E-state index is -0.684. The van der Waals surface area contributed by atoms with Crippen molar-refractivity contribution in [2.75, 3.05) is 13.2 Å². The minimum Gasteiger partial charge on any atom is -0.464 e. The third-order valence-electron chi connectivity index (χ3n) is 3.43. The van der Waals surface area contributed by atoms with Gasteiger partial charge in [0.05, 0.1) is 6.61 Å². The second-order valence-electron chi connectivity index (χ2n) is 4.97. The molecular formula is C16H19NO5. The monoisotopic (exact) mass is 305 g/mol. The van der Waals surface area contributed by atoms with E-state index >= 15 is 0 Å². The maximum Gasteiger partial charge on any atom is 0.328 e. The van der Waals surface area contributed by atoms with E-state index in [9.17, 15) is 14.4 Å². The lowest BCUT2D eigenvalue weighted by Crippen LogP contribution is -2.43. The first kappa shape index (κ1) is 16.0. The van der Waals surface area contributed by atoms with Crippen LogP contribution in [0, 0.1) is 0 Å². The molecule has 1 aliphatic heterocycles. The molecule has 0 saturated carbocycles. The summed E-state index contributed by atoms with van der Waals surface area (Å²) >= 11 is 0. The van der Waals surface area contributed by atoms with E-state index in [4.69, 9.17) is 9.47 Å². The van der Waals surface area contributed by atoms with E-state index < -0.39 is 18.0 Å². The topological polar surface area (TPSA) is 72.9 Å². The second-order valence-corrected chi connectivity index (χ2v) is 4.97. The van der Waals surface area contributed by atoms with Crippen molar-refractivity contribution in [3.8, 4) is 0 Å². The highest BCUT2D eigenvalue weighted by Crippen LogP contribution is 2.20. The van der Waals surface area contributed by atoms with Crippen LogP contribution in [0.3, 0.4) is 0 Å². The van der Waals surface area contributed by atoms with E-state index in [1.807, 2.05) is 30.3 Å². The summed E-state index contributed by atoms with van der Waals surface area (Å²) in [5, 5.41) is 0. The molecule has 0 bridgehead atoms. The maximum atomic E-state index is 11.9. The molecule has 6 heteroatoms. The van der Waals surface area contributed by atoms with Crippen molar-refractivity contribution >= 4 is 17.8 Å². The summed E-state index contributed by atoms with van der Waals surface area (Å²) in [6, 6.07) is 8.58. The van der Waals surface area contributed by atoms with E-state index in [2.05, 4.69) is 0 Å². The highest BCUT2D eigenvalue weighted by Gasteiger charge is 2.38. The van der Waals surface area contributed by atoms with E-state index in [0.717, 1.165) is 5.56 Å². The molecule has 0 spiro atoms. The van der Waals surface area contributed by atoms with Gasteiger partial charge in [0.2, 0.25) is 5.91 Å². The van der Waals surface area contributed by atoms with Crippen molar-refractivity contribution in [1.29, 1.82) is 0 Å². The number of hydrogen-bond donors (Lipinski definition) is 0. The zero-order valence-electron chi connectivity index (χ0n) is 12.5. The number of carbonyl (C=O) groups is 3. The van der Waals surface area contributed by atoms with Gasteiger partial charge in [0.1, 0.15) is 19.2 Å². The van der Waals surface area contributed by atoms with Gasteiger partial charge in [-0.1, -0.05) is 30.3 Å². The molecule has 0 aromatic heterocycles.